The molecule has 1 aliphatic carbocycles. The van der Waals surface area contributed by atoms with Crippen LogP contribution in [0.25, 0.3) is 0 Å². The van der Waals surface area contributed by atoms with Gasteiger partial charge in [-0.2, -0.15) is 0 Å². The van der Waals surface area contributed by atoms with Crippen LogP contribution in [0, 0.1) is 0 Å². The molecule has 0 fully saturated rings. The van der Waals surface area contributed by atoms with E-state index in [2.05, 4.69) is 17.0 Å². The summed E-state index contributed by atoms with van der Waals surface area (Å²) in [5, 5.41) is 0. The van der Waals surface area contributed by atoms with E-state index in [0.717, 1.165) is 30.6 Å². The summed E-state index contributed by atoms with van der Waals surface area (Å²) in [6.45, 7) is 2.32. The van der Waals surface area contributed by atoms with E-state index in [0.29, 0.717) is 24.1 Å². The van der Waals surface area contributed by atoms with Gasteiger partial charge in [-0.3, -0.25) is 4.90 Å². The highest BCUT2D eigenvalue weighted by Gasteiger charge is 2.39. The van der Waals surface area contributed by atoms with Crippen LogP contribution in [0.4, 0.5) is 0 Å². The van der Waals surface area contributed by atoms with Crippen molar-refractivity contribution in [1.29, 1.82) is 0 Å². The Labute approximate surface area is 183 Å². The van der Waals surface area contributed by atoms with Crippen LogP contribution in [0.15, 0.2) is 83.0 Å². The number of hydrogen-bond donors (Lipinski definition) is 0. The van der Waals surface area contributed by atoms with E-state index in [1.807, 2.05) is 48.5 Å². The van der Waals surface area contributed by atoms with Crippen LogP contribution < -0.4 is 0 Å². The molecule has 0 bridgehead atoms. The van der Waals surface area contributed by atoms with Crippen LogP contribution in [-0.4, -0.2) is 44.1 Å². The number of ether oxygens (including phenoxy) is 2. The van der Waals surface area contributed by atoms with Crippen LogP contribution >= 0.6 is 0 Å². The third-order valence-corrected chi connectivity index (χ3v) is 6.15. The van der Waals surface area contributed by atoms with Crippen molar-refractivity contribution in [1.82, 2.24) is 4.90 Å². The fraction of sp³-hybridized carbons (Fsp3) is 0.308. The quantitative estimate of drug-likeness (QED) is 0.688. The van der Waals surface area contributed by atoms with Crippen LogP contribution in [-0.2, 0) is 25.6 Å². The number of esters is 2. The average Bonchev–Trinajstić information content (AvgIpc) is 2.83. The van der Waals surface area contributed by atoms with Gasteiger partial charge in [0.05, 0.1) is 25.4 Å². The number of rotatable bonds is 5. The van der Waals surface area contributed by atoms with Gasteiger partial charge in [-0.15, -0.1) is 0 Å². The Morgan fingerprint density at radius 1 is 0.935 bits per heavy atom. The van der Waals surface area contributed by atoms with Gasteiger partial charge >= 0.3 is 11.9 Å². The van der Waals surface area contributed by atoms with E-state index in [1.54, 1.807) is 0 Å². The van der Waals surface area contributed by atoms with Gasteiger partial charge in [-0.1, -0.05) is 66.2 Å². The zero-order chi connectivity index (χ0) is 21.8. The maximum absolute atomic E-state index is 13.0. The molecule has 5 heteroatoms. The van der Waals surface area contributed by atoms with E-state index < -0.39 is 11.9 Å². The van der Waals surface area contributed by atoms with Gasteiger partial charge in [0.25, 0.3) is 0 Å². The lowest BCUT2D eigenvalue weighted by Gasteiger charge is -2.37. The Kier molecular flexibility index (Phi) is 6.33. The molecule has 0 saturated carbocycles. The van der Waals surface area contributed by atoms with Gasteiger partial charge in [0.1, 0.15) is 0 Å². The normalized spacial score (nSPS) is 19.1. The van der Waals surface area contributed by atoms with Crippen molar-refractivity contribution in [3.8, 4) is 0 Å². The predicted molar refractivity (Wildman–Crippen MR) is 118 cm³/mol. The second-order valence-electron chi connectivity index (χ2n) is 7.97. The second kappa shape index (κ2) is 9.31. The molecular weight excluding hydrogens is 390 g/mol. The lowest BCUT2D eigenvalue weighted by Crippen LogP contribution is -2.36. The molecule has 5 nitrogen and oxygen atoms in total. The van der Waals surface area contributed by atoms with E-state index >= 15 is 0 Å². The smallest absolute Gasteiger partial charge is 0.338 e. The van der Waals surface area contributed by atoms with Crippen molar-refractivity contribution in [2.24, 2.45) is 0 Å². The summed E-state index contributed by atoms with van der Waals surface area (Å²) in [5.74, 6) is -1.17. The molecule has 0 spiro atoms. The zero-order valence-electron chi connectivity index (χ0n) is 18.0. The summed E-state index contributed by atoms with van der Waals surface area (Å²) >= 11 is 0. The minimum Gasteiger partial charge on any atom is -0.466 e. The first kappa shape index (κ1) is 21.1. The van der Waals surface area contributed by atoms with Gasteiger partial charge in [0, 0.05) is 25.6 Å². The maximum Gasteiger partial charge on any atom is 0.338 e. The third kappa shape index (κ3) is 4.32. The molecule has 1 aliphatic heterocycles. The molecule has 1 unspecified atom stereocenters. The molecule has 1 atom stereocenters. The molecule has 2 aliphatic rings. The fourth-order valence-electron chi connectivity index (χ4n) is 4.66. The minimum absolute atomic E-state index is 0.220. The molecule has 1 heterocycles. The van der Waals surface area contributed by atoms with Crippen molar-refractivity contribution in [3.63, 3.8) is 0 Å². The molecule has 0 aromatic heterocycles. The Morgan fingerprint density at radius 3 is 2.23 bits per heavy atom. The van der Waals surface area contributed by atoms with Crippen LogP contribution in [0.2, 0.25) is 0 Å². The Balaban J connectivity index is 1.75. The summed E-state index contributed by atoms with van der Waals surface area (Å²) in [5.41, 5.74) is 5.15. The SMILES string of the molecule is COC(=O)C1=C(C(=O)OC)C(c2ccccc2)CC2=C1CN(Cc1ccccc1)CC2. The Morgan fingerprint density at radius 2 is 1.58 bits per heavy atom. The zero-order valence-corrected chi connectivity index (χ0v) is 18.0. The van der Waals surface area contributed by atoms with Crippen LogP contribution in [0.3, 0.4) is 0 Å². The average molecular weight is 418 g/mol. The van der Waals surface area contributed by atoms with E-state index in [9.17, 15) is 9.59 Å². The Bertz CT molecular complexity index is 1020. The number of methoxy groups -OCH3 is 2. The summed E-state index contributed by atoms with van der Waals surface area (Å²) in [7, 11) is 2.72. The number of carbonyl (C=O) groups is 2. The van der Waals surface area contributed by atoms with E-state index in [1.165, 1.54) is 25.4 Å². The minimum atomic E-state index is -0.477. The lowest BCUT2D eigenvalue weighted by atomic mass is 9.73. The molecule has 160 valence electrons. The monoisotopic (exact) mass is 417 g/mol. The van der Waals surface area contributed by atoms with Gasteiger partial charge in [-0.05, 0) is 29.5 Å². The molecule has 0 radical (unpaired) electrons. The second-order valence-corrected chi connectivity index (χ2v) is 7.97. The van der Waals surface area contributed by atoms with Crippen molar-refractivity contribution in [2.45, 2.75) is 25.3 Å². The number of benzene rings is 2. The first-order valence-electron chi connectivity index (χ1n) is 10.6. The highest BCUT2D eigenvalue weighted by atomic mass is 16.5. The Hall–Kier alpha value is -3.18. The third-order valence-electron chi connectivity index (χ3n) is 6.15. The first-order valence-corrected chi connectivity index (χ1v) is 10.6. The van der Waals surface area contributed by atoms with Gasteiger partial charge in [-0.25, -0.2) is 9.59 Å². The molecule has 2 aromatic carbocycles. The summed E-state index contributed by atoms with van der Waals surface area (Å²) in [4.78, 5) is 28.2. The maximum atomic E-state index is 13.0. The van der Waals surface area contributed by atoms with Crippen molar-refractivity contribution < 1.29 is 19.1 Å². The fourth-order valence-corrected chi connectivity index (χ4v) is 4.66. The standard InChI is InChI=1S/C26H27NO4/c1-30-25(28)23-21(19-11-7-4-8-12-19)15-20-13-14-27(16-18-9-5-3-6-10-18)17-22(20)24(23)26(29)31-2/h3-12,21H,13-17H2,1-2H3. The molecule has 31 heavy (non-hydrogen) atoms. The highest BCUT2D eigenvalue weighted by molar-refractivity contribution is 6.05. The van der Waals surface area contributed by atoms with Crippen molar-refractivity contribution in [2.75, 3.05) is 27.3 Å². The predicted octanol–water partition coefficient (Wildman–Crippen LogP) is 4.02. The van der Waals surface area contributed by atoms with E-state index in [-0.39, 0.29) is 5.92 Å². The molecule has 4 rings (SSSR count). The number of nitrogens with zero attached hydrogens (tertiary/aromatic N) is 1. The van der Waals surface area contributed by atoms with Crippen molar-refractivity contribution >= 4 is 11.9 Å². The topological polar surface area (TPSA) is 55.8 Å². The highest BCUT2D eigenvalue weighted by Crippen LogP contribution is 2.44. The first-order chi connectivity index (χ1) is 15.1. The van der Waals surface area contributed by atoms with Gasteiger partial charge < -0.3 is 9.47 Å². The van der Waals surface area contributed by atoms with Gasteiger partial charge in [0.15, 0.2) is 0 Å². The lowest BCUT2D eigenvalue weighted by molar-refractivity contribution is -0.139. The molecule has 2 aromatic rings. The summed E-state index contributed by atoms with van der Waals surface area (Å²) in [6.07, 6.45) is 1.57. The molecule has 0 amide bonds. The molecule has 0 N–H and O–H groups in total. The van der Waals surface area contributed by atoms with Crippen LogP contribution in [0.1, 0.15) is 29.9 Å². The molecular formula is C26H27NO4. The van der Waals surface area contributed by atoms with Gasteiger partial charge in [0.2, 0.25) is 0 Å². The number of hydrogen-bond acceptors (Lipinski definition) is 5. The largest absolute Gasteiger partial charge is 0.466 e. The molecule has 0 saturated heterocycles. The van der Waals surface area contributed by atoms with E-state index in [4.69, 9.17) is 9.47 Å². The number of carbonyl (C=O) groups excluding carboxylic acids is 2. The van der Waals surface area contributed by atoms with Crippen LogP contribution in [0.5, 0.6) is 0 Å². The summed E-state index contributed by atoms with van der Waals surface area (Å²) < 4.78 is 10.3. The van der Waals surface area contributed by atoms with Crippen molar-refractivity contribution in [3.05, 3.63) is 94.1 Å². The summed E-state index contributed by atoms with van der Waals surface area (Å²) in [6, 6.07) is 20.1.